The number of hydrogen-bond donors (Lipinski definition) is 2. The third kappa shape index (κ3) is 2.38. The second kappa shape index (κ2) is 4.45. The van der Waals surface area contributed by atoms with E-state index in [-0.39, 0.29) is 0 Å². The standard InChI is InChI=1S/C12H16N4O/c1-7-5-10(6-8(2)11(7)17-4)14-12-13-9(3)15-16-12/h5-6H,1-4H3,(H2,13,14,15,16). The number of rotatable bonds is 3. The Morgan fingerprint density at radius 2 is 1.82 bits per heavy atom. The summed E-state index contributed by atoms with van der Waals surface area (Å²) in [5.41, 5.74) is 3.13. The zero-order chi connectivity index (χ0) is 12.4. The van der Waals surface area contributed by atoms with Crippen LogP contribution in [0.15, 0.2) is 12.1 Å². The largest absolute Gasteiger partial charge is 0.496 e. The maximum Gasteiger partial charge on any atom is 0.246 e. The minimum atomic E-state index is 0.575. The van der Waals surface area contributed by atoms with Crippen LogP contribution in [0.4, 0.5) is 11.6 Å². The first kappa shape index (κ1) is 11.4. The average molecular weight is 232 g/mol. The van der Waals surface area contributed by atoms with Gasteiger partial charge in [0.2, 0.25) is 5.95 Å². The molecule has 0 saturated heterocycles. The van der Waals surface area contributed by atoms with Crippen molar-refractivity contribution in [2.24, 2.45) is 0 Å². The third-order valence-corrected chi connectivity index (χ3v) is 2.52. The van der Waals surface area contributed by atoms with Gasteiger partial charge in [0.1, 0.15) is 11.6 Å². The number of benzene rings is 1. The number of aromatic nitrogens is 3. The van der Waals surface area contributed by atoms with Crippen LogP contribution in [0.1, 0.15) is 17.0 Å². The van der Waals surface area contributed by atoms with Crippen molar-refractivity contribution >= 4 is 11.6 Å². The van der Waals surface area contributed by atoms with Crippen LogP contribution in [0.5, 0.6) is 5.75 Å². The normalized spacial score (nSPS) is 10.4. The molecular formula is C12H16N4O. The van der Waals surface area contributed by atoms with Gasteiger partial charge in [0.25, 0.3) is 0 Å². The number of ether oxygens (including phenoxy) is 1. The van der Waals surface area contributed by atoms with Crippen LogP contribution in [0, 0.1) is 20.8 Å². The Labute approximate surface area is 100 Å². The lowest BCUT2D eigenvalue weighted by atomic mass is 10.1. The molecule has 1 aromatic carbocycles. The SMILES string of the molecule is COc1c(C)cc(Nc2n[nH]c(C)n2)cc1C. The van der Waals surface area contributed by atoms with E-state index in [4.69, 9.17) is 4.74 Å². The topological polar surface area (TPSA) is 62.8 Å². The summed E-state index contributed by atoms with van der Waals surface area (Å²) in [6.07, 6.45) is 0. The summed E-state index contributed by atoms with van der Waals surface area (Å²) in [6, 6.07) is 4.02. The van der Waals surface area contributed by atoms with Gasteiger partial charge in [-0.25, -0.2) is 0 Å². The van der Waals surface area contributed by atoms with Crippen molar-refractivity contribution < 1.29 is 4.74 Å². The molecule has 0 saturated carbocycles. The van der Waals surface area contributed by atoms with Crippen molar-refractivity contribution in [1.82, 2.24) is 15.2 Å². The van der Waals surface area contributed by atoms with Crippen molar-refractivity contribution in [3.8, 4) is 5.75 Å². The smallest absolute Gasteiger partial charge is 0.246 e. The van der Waals surface area contributed by atoms with Crippen LogP contribution in [0.25, 0.3) is 0 Å². The fourth-order valence-corrected chi connectivity index (χ4v) is 1.87. The Morgan fingerprint density at radius 1 is 1.18 bits per heavy atom. The second-order valence-corrected chi connectivity index (χ2v) is 4.01. The van der Waals surface area contributed by atoms with E-state index in [2.05, 4.69) is 20.5 Å². The monoisotopic (exact) mass is 232 g/mol. The molecule has 0 amide bonds. The zero-order valence-corrected chi connectivity index (χ0v) is 10.5. The highest BCUT2D eigenvalue weighted by Crippen LogP contribution is 2.27. The van der Waals surface area contributed by atoms with Crippen LogP contribution in [-0.2, 0) is 0 Å². The summed E-state index contributed by atoms with van der Waals surface area (Å²) in [5, 5.41) is 9.98. The summed E-state index contributed by atoms with van der Waals surface area (Å²) >= 11 is 0. The molecule has 5 heteroatoms. The number of anilines is 2. The van der Waals surface area contributed by atoms with Crippen molar-refractivity contribution in [3.05, 3.63) is 29.1 Å². The molecular weight excluding hydrogens is 216 g/mol. The van der Waals surface area contributed by atoms with Gasteiger partial charge in [-0.3, -0.25) is 5.10 Å². The Morgan fingerprint density at radius 3 is 2.29 bits per heavy atom. The molecule has 17 heavy (non-hydrogen) atoms. The molecule has 5 nitrogen and oxygen atoms in total. The number of nitrogens with zero attached hydrogens (tertiary/aromatic N) is 2. The van der Waals surface area contributed by atoms with Crippen molar-refractivity contribution in [2.45, 2.75) is 20.8 Å². The van der Waals surface area contributed by atoms with E-state index in [0.717, 1.165) is 28.4 Å². The fraction of sp³-hybridized carbons (Fsp3) is 0.333. The first-order chi connectivity index (χ1) is 8.10. The molecule has 0 atom stereocenters. The molecule has 0 fully saturated rings. The summed E-state index contributed by atoms with van der Waals surface area (Å²) < 4.78 is 5.32. The minimum Gasteiger partial charge on any atom is -0.496 e. The Hall–Kier alpha value is -2.04. The molecule has 2 aromatic rings. The summed E-state index contributed by atoms with van der Waals surface area (Å²) in [5.74, 6) is 2.28. The molecule has 0 aliphatic carbocycles. The maximum absolute atomic E-state index is 5.32. The molecule has 1 aromatic heterocycles. The fourth-order valence-electron chi connectivity index (χ4n) is 1.87. The number of aryl methyl sites for hydroxylation is 3. The van der Waals surface area contributed by atoms with Gasteiger partial charge in [0, 0.05) is 5.69 Å². The van der Waals surface area contributed by atoms with Gasteiger partial charge in [0.05, 0.1) is 7.11 Å². The number of hydrogen-bond acceptors (Lipinski definition) is 4. The van der Waals surface area contributed by atoms with Crippen LogP contribution in [0.2, 0.25) is 0 Å². The van der Waals surface area contributed by atoms with E-state index >= 15 is 0 Å². The zero-order valence-electron chi connectivity index (χ0n) is 10.5. The predicted molar refractivity (Wildman–Crippen MR) is 66.9 cm³/mol. The average Bonchev–Trinajstić information content (AvgIpc) is 2.63. The van der Waals surface area contributed by atoms with Crippen molar-refractivity contribution in [1.29, 1.82) is 0 Å². The van der Waals surface area contributed by atoms with E-state index < -0.39 is 0 Å². The van der Waals surface area contributed by atoms with E-state index in [1.54, 1.807) is 7.11 Å². The number of H-pyrrole nitrogens is 1. The number of nitrogens with one attached hydrogen (secondary N) is 2. The maximum atomic E-state index is 5.32. The van der Waals surface area contributed by atoms with Gasteiger partial charge < -0.3 is 10.1 Å². The summed E-state index contributed by atoms with van der Waals surface area (Å²) in [7, 11) is 1.68. The van der Waals surface area contributed by atoms with Gasteiger partial charge in [-0.1, -0.05) is 0 Å². The molecule has 0 aliphatic heterocycles. The third-order valence-electron chi connectivity index (χ3n) is 2.52. The quantitative estimate of drug-likeness (QED) is 0.853. The molecule has 0 unspecified atom stereocenters. The van der Waals surface area contributed by atoms with Gasteiger partial charge in [-0.15, -0.1) is 5.10 Å². The lowest BCUT2D eigenvalue weighted by molar-refractivity contribution is 0.408. The highest BCUT2D eigenvalue weighted by atomic mass is 16.5. The Kier molecular flexibility index (Phi) is 2.99. The first-order valence-corrected chi connectivity index (χ1v) is 5.41. The highest BCUT2D eigenvalue weighted by Gasteiger charge is 2.06. The van der Waals surface area contributed by atoms with E-state index in [1.807, 2.05) is 32.9 Å². The summed E-state index contributed by atoms with van der Waals surface area (Å²) in [4.78, 5) is 4.20. The van der Waals surface area contributed by atoms with Gasteiger partial charge >= 0.3 is 0 Å². The molecule has 0 spiro atoms. The van der Waals surface area contributed by atoms with Gasteiger partial charge in [-0.05, 0) is 44.0 Å². The Bertz CT molecular complexity index is 510. The molecule has 90 valence electrons. The van der Waals surface area contributed by atoms with Crippen LogP contribution in [-0.4, -0.2) is 22.3 Å². The Balaban J connectivity index is 2.28. The van der Waals surface area contributed by atoms with E-state index in [1.165, 1.54) is 0 Å². The highest BCUT2D eigenvalue weighted by molar-refractivity contribution is 5.59. The number of methoxy groups -OCH3 is 1. The van der Waals surface area contributed by atoms with Crippen LogP contribution in [0.3, 0.4) is 0 Å². The predicted octanol–water partition coefficient (Wildman–Crippen LogP) is 2.48. The second-order valence-electron chi connectivity index (χ2n) is 4.01. The van der Waals surface area contributed by atoms with Crippen LogP contribution >= 0.6 is 0 Å². The van der Waals surface area contributed by atoms with Crippen LogP contribution < -0.4 is 10.1 Å². The van der Waals surface area contributed by atoms with Crippen molar-refractivity contribution in [2.75, 3.05) is 12.4 Å². The minimum absolute atomic E-state index is 0.575. The van der Waals surface area contributed by atoms with Gasteiger partial charge in [-0.2, -0.15) is 4.98 Å². The molecule has 2 N–H and O–H groups in total. The van der Waals surface area contributed by atoms with E-state index in [0.29, 0.717) is 5.95 Å². The lowest BCUT2D eigenvalue weighted by Gasteiger charge is -2.11. The van der Waals surface area contributed by atoms with Gasteiger partial charge in [0.15, 0.2) is 0 Å². The molecule has 0 aliphatic rings. The molecule has 1 heterocycles. The first-order valence-electron chi connectivity index (χ1n) is 5.41. The van der Waals surface area contributed by atoms with E-state index in [9.17, 15) is 0 Å². The molecule has 0 bridgehead atoms. The number of aromatic amines is 1. The lowest BCUT2D eigenvalue weighted by Crippen LogP contribution is -1.97. The summed E-state index contributed by atoms with van der Waals surface area (Å²) in [6.45, 7) is 5.89. The molecule has 0 radical (unpaired) electrons. The molecule has 2 rings (SSSR count). The van der Waals surface area contributed by atoms with Crippen molar-refractivity contribution in [3.63, 3.8) is 0 Å².